The fourth-order valence-corrected chi connectivity index (χ4v) is 2.67. The average molecular weight is 315 g/mol. The summed E-state index contributed by atoms with van der Waals surface area (Å²) >= 11 is 0. The summed E-state index contributed by atoms with van der Waals surface area (Å²) in [4.78, 5) is 11.7. The third-order valence-electron chi connectivity index (χ3n) is 4.01. The van der Waals surface area contributed by atoms with Crippen LogP contribution in [0.15, 0.2) is 42.9 Å². The summed E-state index contributed by atoms with van der Waals surface area (Å²) in [5, 5.41) is 23.4. The van der Waals surface area contributed by atoms with Crippen LogP contribution in [0.3, 0.4) is 0 Å². The second-order valence-electron chi connectivity index (χ2n) is 5.57. The molecule has 2 heterocycles. The van der Waals surface area contributed by atoms with Crippen molar-refractivity contribution in [1.82, 2.24) is 15.0 Å². The van der Waals surface area contributed by atoms with E-state index in [1.165, 1.54) is 0 Å². The van der Waals surface area contributed by atoms with Gasteiger partial charge in [0.05, 0.1) is 34.1 Å². The minimum atomic E-state index is 0.201. The molecule has 4 aromatic rings. The Bertz CT molecular complexity index is 1120. The lowest BCUT2D eigenvalue weighted by Gasteiger charge is -2.12. The number of benzene rings is 2. The van der Waals surface area contributed by atoms with Gasteiger partial charge in [-0.25, -0.2) is 4.98 Å². The summed E-state index contributed by atoms with van der Waals surface area (Å²) in [7, 11) is 0. The molecule has 0 saturated heterocycles. The first kappa shape index (κ1) is 14.0. The molecule has 0 amide bonds. The van der Waals surface area contributed by atoms with Crippen molar-refractivity contribution in [2.75, 3.05) is 5.32 Å². The van der Waals surface area contributed by atoms with Gasteiger partial charge in [0.25, 0.3) is 0 Å². The number of anilines is 2. The van der Waals surface area contributed by atoms with E-state index in [0.717, 1.165) is 27.5 Å². The first-order valence-corrected chi connectivity index (χ1v) is 7.38. The molecule has 0 aliphatic carbocycles. The highest BCUT2D eigenvalue weighted by Gasteiger charge is 2.12. The molecular weight excluding hydrogens is 302 g/mol. The molecule has 0 aliphatic heterocycles. The average Bonchev–Trinajstić information content (AvgIpc) is 3.04. The number of pyridine rings is 1. The molecule has 0 unspecified atom stereocenters. The lowest BCUT2D eigenvalue weighted by atomic mass is 10.1. The van der Waals surface area contributed by atoms with Crippen molar-refractivity contribution in [3.8, 4) is 11.8 Å². The molecule has 0 saturated carbocycles. The van der Waals surface area contributed by atoms with E-state index in [1.807, 2.05) is 31.2 Å². The summed E-state index contributed by atoms with van der Waals surface area (Å²) in [5.41, 5.74) is 5.01. The molecule has 3 N–H and O–H groups in total. The molecular formula is C18H13N5O. The summed E-state index contributed by atoms with van der Waals surface area (Å²) in [6.07, 6.45) is 3.17. The van der Waals surface area contributed by atoms with Crippen LogP contribution < -0.4 is 5.32 Å². The predicted octanol–water partition coefficient (Wildman–Crippen LogP) is 3.74. The zero-order chi connectivity index (χ0) is 16.7. The first-order valence-electron chi connectivity index (χ1n) is 7.38. The molecule has 0 radical (unpaired) electrons. The Hall–Kier alpha value is -3.59. The van der Waals surface area contributed by atoms with Crippen LogP contribution in [-0.4, -0.2) is 20.1 Å². The number of nitrogens with zero attached hydrogens (tertiary/aromatic N) is 3. The molecule has 2 aromatic carbocycles. The molecule has 0 atom stereocenters. The van der Waals surface area contributed by atoms with Crippen LogP contribution in [0.5, 0.6) is 5.75 Å². The largest absolute Gasteiger partial charge is 0.508 e. The quantitative estimate of drug-likeness (QED) is 0.523. The van der Waals surface area contributed by atoms with Crippen molar-refractivity contribution >= 4 is 33.3 Å². The summed E-state index contributed by atoms with van der Waals surface area (Å²) in [6, 6.07) is 11.3. The first-order chi connectivity index (χ1) is 11.7. The van der Waals surface area contributed by atoms with Gasteiger partial charge in [0.1, 0.15) is 11.8 Å². The zero-order valence-corrected chi connectivity index (χ0v) is 12.8. The number of rotatable bonds is 2. The smallest absolute Gasteiger partial charge is 0.120 e. The number of phenolic OH excluding ortho intramolecular Hbond substituents is 1. The number of H-pyrrole nitrogens is 1. The van der Waals surface area contributed by atoms with Gasteiger partial charge in [-0.15, -0.1) is 0 Å². The molecule has 2 aromatic heterocycles. The number of nitriles is 1. The molecule has 24 heavy (non-hydrogen) atoms. The molecule has 0 aliphatic rings. The summed E-state index contributed by atoms with van der Waals surface area (Å²) < 4.78 is 0. The predicted molar refractivity (Wildman–Crippen MR) is 92.2 cm³/mol. The van der Waals surface area contributed by atoms with Crippen molar-refractivity contribution in [1.29, 1.82) is 5.26 Å². The van der Waals surface area contributed by atoms with Crippen LogP contribution in [0, 0.1) is 18.3 Å². The minimum absolute atomic E-state index is 0.201. The highest BCUT2D eigenvalue weighted by atomic mass is 16.3. The summed E-state index contributed by atoms with van der Waals surface area (Å²) in [5.74, 6) is 0.201. The normalized spacial score (nSPS) is 10.8. The van der Waals surface area contributed by atoms with Gasteiger partial charge in [0.2, 0.25) is 0 Å². The lowest BCUT2D eigenvalue weighted by Crippen LogP contribution is -1.97. The lowest BCUT2D eigenvalue weighted by molar-refractivity contribution is 0.471. The highest BCUT2D eigenvalue weighted by molar-refractivity contribution is 6.02. The van der Waals surface area contributed by atoms with Crippen LogP contribution >= 0.6 is 0 Å². The monoisotopic (exact) mass is 315 g/mol. The number of aromatic nitrogens is 3. The van der Waals surface area contributed by atoms with Crippen LogP contribution in [-0.2, 0) is 0 Å². The Morgan fingerprint density at radius 1 is 1.17 bits per heavy atom. The highest BCUT2D eigenvalue weighted by Crippen LogP contribution is 2.32. The minimum Gasteiger partial charge on any atom is -0.508 e. The second-order valence-corrected chi connectivity index (χ2v) is 5.57. The molecule has 116 valence electrons. The van der Waals surface area contributed by atoms with E-state index in [2.05, 4.69) is 26.3 Å². The topological polar surface area (TPSA) is 97.6 Å². The third-order valence-corrected chi connectivity index (χ3v) is 4.01. The van der Waals surface area contributed by atoms with Crippen LogP contribution in [0.25, 0.3) is 21.9 Å². The van der Waals surface area contributed by atoms with Crippen LogP contribution in [0.1, 0.15) is 11.1 Å². The van der Waals surface area contributed by atoms with Gasteiger partial charge in [-0.05, 0) is 30.7 Å². The maximum absolute atomic E-state index is 9.90. The van der Waals surface area contributed by atoms with E-state index in [0.29, 0.717) is 16.9 Å². The van der Waals surface area contributed by atoms with Gasteiger partial charge in [-0.1, -0.05) is 6.07 Å². The zero-order valence-electron chi connectivity index (χ0n) is 12.8. The van der Waals surface area contributed by atoms with Gasteiger partial charge in [-0.3, -0.25) is 4.98 Å². The Morgan fingerprint density at radius 3 is 2.83 bits per heavy atom. The number of aromatic amines is 1. The standard InChI is InChI=1S/C18H13N5O/c1-10-2-3-12(4-17(10)24)23-18-11(7-19)8-20-14-6-16-15(5-13(14)18)21-9-22-16/h2-6,8-9,24H,1H3,(H,20,23)(H,21,22). The van der Waals surface area contributed by atoms with E-state index in [-0.39, 0.29) is 5.75 Å². The Balaban J connectivity index is 1.93. The number of aryl methyl sites for hydroxylation is 1. The number of fused-ring (bicyclic) bond motifs is 2. The molecule has 4 rings (SSSR count). The van der Waals surface area contributed by atoms with Crippen molar-refractivity contribution < 1.29 is 5.11 Å². The van der Waals surface area contributed by atoms with E-state index in [9.17, 15) is 10.4 Å². The van der Waals surface area contributed by atoms with Crippen molar-refractivity contribution in [2.45, 2.75) is 6.92 Å². The fourth-order valence-electron chi connectivity index (χ4n) is 2.67. The van der Waals surface area contributed by atoms with Crippen molar-refractivity contribution in [2.24, 2.45) is 0 Å². The second kappa shape index (κ2) is 5.25. The van der Waals surface area contributed by atoms with Gasteiger partial charge in [0, 0.05) is 23.3 Å². The van der Waals surface area contributed by atoms with E-state index < -0.39 is 0 Å². The summed E-state index contributed by atoms with van der Waals surface area (Å²) in [6.45, 7) is 1.83. The van der Waals surface area contributed by atoms with Crippen molar-refractivity contribution in [3.63, 3.8) is 0 Å². The van der Waals surface area contributed by atoms with Crippen LogP contribution in [0.2, 0.25) is 0 Å². The Labute approximate surface area is 137 Å². The van der Waals surface area contributed by atoms with Crippen LogP contribution in [0.4, 0.5) is 11.4 Å². The van der Waals surface area contributed by atoms with Gasteiger partial charge >= 0.3 is 0 Å². The molecule has 6 nitrogen and oxygen atoms in total. The molecule has 0 spiro atoms. The van der Waals surface area contributed by atoms with Gasteiger partial charge in [-0.2, -0.15) is 5.26 Å². The molecule has 0 bridgehead atoms. The number of nitrogens with one attached hydrogen (secondary N) is 2. The van der Waals surface area contributed by atoms with Gasteiger partial charge in [0.15, 0.2) is 0 Å². The third kappa shape index (κ3) is 2.20. The maximum atomic E-state index is 9.90. The molecule has 6 heteroatoms. The van der Waals surface area contributed by atoms with E-state index in [1.54, 1.807) is 18.6 Å². The molecule has 0 fully saturated rings. The van der Waals surface area contributed by atoms with Gasteiger partial charge < -0.3 is 15.4 Å². The number of aromatic hydroxyl groups is 1. The SMILES string of the molecule is Cc1ccc(Nc2c(C#N)cnc3cc4[nH]cnc4cc23)cc1O. The van der Waals surface area contributed by atoms with E-state index in [4.69, 9.17) is 0 Å². The maximum Gasteiger partial charge on any atom is 0.120 e. The Kier molecular flexibility index (Phi) is 3.07. The number of hydrogen-bond donors (Lipinski definition) is 3. The van der Waals surface area contributed by atoms with E-state index >= 15 is 0 Å². The number of imidazole rings is 1. The fraction of sp³-hybridized carbons (Fsp3) is 0.0556. The Morgan fingerprint density at radius 2 is 2.04 bits per heavy atom. The number of hydrogen-bond acceptors (Lipinski definition) is 5. The van der Waals surface area contributed by atoms with Crippen molar-refractivity contribution in [3.05, 3.63) is 54.0 Å². The number of phenols is 1.